The zero-order valence-corrected chi connectivity index (χ0v) is 3.85. The molecule has 0 radical (unpaired) electrons. The lowest BCUT2D eigenvalue weighted by atomic mass is 10.3. The zero-order valence-electron chi connectivity index (χ0n) is 3.85. The first-order valence-electron chi connectivity index (χ1n) is 2.24. The van der Waals surface area contributed by atoms with Crippen molar-refractivity contribution < 1.29 is 9.90 Å². The number of carbonyl (C=O) groups excluding carboxylic acids is 1. The molecule has 0 aromatic heterocycles. The molecule has 0 aliphatic carbocycles. The summed E-state index contributed by atoms with van der Waals surface area (Å²) in [5, 5.41) is 11.1. The Bertz CT molecular complexity index is 91.7. The van der Waals surface area contributed by atoms with Crippen LogP contribution in [0, 0.1) is 0 Å². The van der Waals surface area contributed by atoms with Crippen LogP contribution < -0.4 is 5.32 Å². The number of hydrogen-bond acceptors (Lipinski definition) is 2. The van der Waals surface area contributed by atoms with E-state index in [9.17, 15) is 4.79 Å². The van der Waals surface area contributed by atoms with E-state index in [1.165, 1.54) is 0 Å². The van der Waals surface area contributed by atoms with Crippen LogP contribution in [0.4, 0.5) is 0 Å². The van der Waals surface area contributed by atoms with E-state index < -0.39 is 6.10 Å². The van der Waals surface area contributed by atoms with E-state index in [4.69, 9.17) is 5.11 Å². The summed E-state index contributed by atoms with van der Waals surface area (Å²) in [4.78, 5) is 10.2. The van der Waals surface area contributed by atoms with Crippen molar-refractivity contribution in [2.45, 2.75) is 12.5 Å². The van der Waals surface area contributed by atoms with E-state index in [0.717, 1.165) is 0 Å². The molecule has 0 aromatic carbocycles. The van der Waals surface area contributed by atoms with Gasteiger partial charge in [-0.25, -0.2) is 0 Å². The lowest BCUT2D eigenvalue weighted by Gasteiger charge is -1.89. The second-order valence-electron chi connectivity index (χ2n) is 1.66. The highest BCUT2D eigenvalue weighted by Gasteiger charge is 2.17. The standard InChI is InChI=1S/C4H7NO2/c6-3-1-4(7)5-2-3/h3,6H,1-2H2,(H,5,7). The molecule has 1 fully saturated rings. The molecule has 7 heavy (non-hydrogen) atoms. The molecule has 1 aliphatic heterocycles. The van der Waals surface area contributed by atoms with Gasteiger partial charge in [-0.3, -0.25) is 4.79 Å². The average Bonchev–Trinajstić information content (AvgIpc) is 1.87. The number of rotatable bonds is 0. The Kier molecular flexibility index (Phi) is 0.982. The molecular weight excluding hydrogens is 94.0 g/mol. The summed E-state index contributed by atoms with van der Waals surface area (Å²) in [5.41, 5.74) is 0. The molecule has 0 bridgehead atoms. The minimum atomic E-state index is -0.438. The fourth-order valence-corrected chi connectivity index (χ4v) is 0.590. The highest BCUT2D eigenvalue weighted by Crippen LogP contribution is 1.95. The summed E-state index contributed by atoms with van der Waals surface area (Å²) in [6.07, 6.45) is -0.160. The van der Waals surface area contributed by atoms with Crippen molar-refractivity contribution >= 4 is 5.91 Å². The van der Waals surface area contributed by atoms with Crippen LogP contribution in [0.3, 0.4) is 0 Å². The second-order valence-corrected chi connectivity index (χ2v) is 1.66. The van der Waals surface area contributed by atoms with Gasteiger partial charge in [0.1, 0.15) is 0 Å². The van der Waals surface area contributed by atoms with Crippen molar-refractivity contribution in [3.63, 3.8) is 0 Å². The molecule has 0 saturated carbocycles. The Labute approximate surface area is 41.3 Å². The molecule has 2 N–H and O–H groups in total. The Morgan fingerprint density at radius 1 is 1.86 bits per heavy atom. The molecule has 40 valence electrons. The molecule has 1 atom stereocenters. The first-order chi connectivity index (χ1) is 3.29. The largest absolute Gasteiger partial charge is 0.391 e. The van der Waals surface area contributed by atoms with Crippen LogP contribution in [-0.2, 0) is 4.79 Å². The Hall–Kier alpha value is -0.570. The summed E-state index contributed by atoms with van der Waals surface area (Å²) in [5.74, 6) is -0.0486. The molecule has 1 rings (SSSR count). The van der Waals surface area contributed by atoms with Crippen LogP contribution in [0.2, 0.25) is 0 Å². The molecule has 0 aromatic rings. The van der Waals surface area contributed by atoms with Crippen molar-refractivity contribution in [3.05, 3.63) is 0 Å². The number of aliphatic hydroxyl groups excluding tert-OH is 1. The van der Waals surface area contributed by atoms with Gasteiger partial charge in [0, 0.05) is 6.54 Å². The fourth-order valence-electron chi connectivity index (χ4n) is 0.590. The number of amides is 1. The van der Waals surface area contributed by atoms with Gasteiger partial charge in [-0.05, 0) is 0 Å². The van der Waals surface area contributed by atoms with Gasteiger partial charge in [-0.1, -0.05) is 0 Å². The quantitative estimate of drug-likeness (QED) is 0.405. The third kappa shape index (κ3) is 0.899. The van der Waals surface area contributed by atoms with Gasteiger partial charge < -0.3 is 10.4 Å². The van der Waals surface area contributed by atoms with Crippen LogP contribution in [0.25, 0.3) is 0 Å². The molecule has 0 spiro atoms. The molecule has 1 amide bonds. The van der Waals surface area contributed by atoms with Gasteiger partial charge in [-0.15, -0.1) is 0 Å². The van der Waals surface area contributed by atoms with Crippen LogP contribution in [-0.4, -0.2) is 23.7 Å². The summed E-state index contributed by atoms with van der Waals surface area (Å²) in [6, 6.07) is 0. The Morgan fingerprint density at radius 2 is 2.57 bits per heavy atom. The van der Waals surface area contributed by atoms with Crippen LogP contribution in [0.15, 0.2) is 0 Å². The highest BCUT2D eigenvalue weighted by molar-refractivity contribution is 5.78. The smallest absolute Gasteiger partial charge is 0.222 e. The zero-order chi connectivity index (χ0) is 5.28. The van der Waals surface area contributed by atoms with Crippen LogP contribution >= 0.6 is 0 Å². The van der Waals surface area contributed by atoms with E-state index in [-0.39, 0.29) is 12.3 Å². The van der Waals surface area contributed by atoms with Gasteiger partial charge in [0.2, 0.25) is 5.91 Å². The van der Waals surface area contributed by atoms with Crippen LogP contribution in [0.1, 0.15) is 6.42 Å². The number of carbonyl (C=O) groups is 1. The third-order valence-corrected chi connectivity index (χ3v) is 0.956. The van der Waals surface area contributed by atoms with Gasteiger partial charge >= 0.3 is 0 Å². The van der Waals surface area contributed by atoms with Crippen molar-refractivity contribution in [1.29, 1.82) is 0 Å². The Balaban J connectivity index is 2.40. The first-order valence-corrected chi connectivity index (χ1v) is 2.24. The maximum absolute atomic E-state index is 10.2. The summed E-state index contributed by atoms with van der Waals surface area (Å²) < 4.78 is 0. The van der Waals surface area contributed by atoms with E-state index in [1.807, 2.05) is 0 Å². The Morgan fingerprint density at radius 3 is 2.71 bits per heavy atom. The van der Waals surface area contributed by atoms with Crippen molar-refractivity contribution in [2.75, 3.05) is 6.54 Å². The highest BCUT2D eigenvalue weighted by atomic mass is 16.3. The van der Waals surface area contributed by atoms with E-state index in [2.05, 4.69) is 5.32 Å². The maximum atomic E-state index is 10.2. The number of hydrogen-bond donors (Lipinski definition) is 2. The van der Waals surface area contributed by atoms with Gasteiger partial charge in [0.25, 0.3) is 0 Å². The van der Waals surface area contributed by atoms with Crippen molar-refractivity contribution in [3.8, 4) is 0 Å². The maximum Gasteiger partial charge on any atom is 0.222 e. The summed E-state index contributed by atoms with van der Waals surface area (Å²) in [7, 11) is 0. The first kappa shape index (κ1) is 4.59. The van der Waals surface area contributed by atoms with E-state index in [0.29, 0.717) is 6.54 Å². The number of nitrogens with one attached hydrogen (secondary N) is 1. The van der Waals surface area contributed by atoms with E-state index >= 15 is 0 Å². The normalized spacial score (nSPS) is 30.4. The molecule has 1 unspecified atom stereocenters. The molecule has 3 nitrogen and oxygen atoms in total. The van der Waals surface area contributed by atoms with Crippen molar-refractivity contribution in [2.24, 2.45) is 0 Å². The van der Waals surface area contributed by atoms with Gasteiger partial charge in [0.15, 0.2) is 0 Å². The molecule has 3 heteroatoms. The molecule has 1 heterocycles. The third-order valence-electron chi connectivity index (χ3n) is 0.956. The molecule has 1 saturated heterocycles. The number of aliphatic hydroxyl groups is 1. The minimum absolute atomic E-state index is 0.0486. The predicted molar refractivity (Wildman–Crippen MR) is 23.6 cm³/mol. The fraction of sp³-hybridized carbons (Fsp3) is 0.750. The van der Waals surface area contributed by atoms with E-state index in [1.54, 1.807) is 0 Å². The lowest BCUT2D eigenvalue weighted by Crippen LogP contribution is -2.14. The average molecular weight is 101 g/mol. The topological polar surface area (TPSA) is 49.3 Å². The SMILES string of the molecule is O=C1CC(O)CN1. The predicted octanol–water partition coefficient (Wildman–Crippen LogP) is -1.13. The molecular formula is C4H7NO2. The minimum Gasteiger partial charge on any atom is -0.391 e. The van der Waals surface area contributed by atoms with Gasteiger partial charge in [0.05, 0.1) is 12.5 Å². The lowest BCUT2D eigenvalue weighted by molar-refractivity contribution is -0.119. The second kappa shape index (κ2) is 1.50. The monoisotopic (exact) mass is 101 g/mol. The van der Waals surface area contributed by atoms with Gasteiger partial charge in [-0.2, -0.15) is 0 Å². The summed E-state index contributed by atoms with van der Waals surface area (Å²) in [6.45, 7) is 0.429. The van der Waals surface area contributed by atoms with Crippen molar-refractivity contribution in [1.82, 2.24) is 5.32 Å². The number of β-amino-alcohol motifs (C(OH)–C–C–N with tert-alkyl or cyclic N) is 1. The summed E-state index contributed by atoms with van der Waals surface area (Å²) >= 11 is 0. The molecule has 1 aliphatic rings. The van der Waals surface area contributed by atoms with Crippen LogP contribution in [0.5, 0.6) is 0 Å².